The molecule has 2 aromatic carbocycles. The van der Waals surface area contributed by atoms with E-state index < -0.39 is 11.4 Å². The molecule has 3 rings (SSSR count). The standard InChI is InChI=1S/C28H37NO6/c1-5-29(19-20-12-8-9-13-23(20)33-2)15-11-7-6-10-14-28(27(31)32)18-21-16-24(34-3)25(35-4)17-22(21)26(28)30/h8-9,12-13,16-17H,5-7,10-11,14-15,18-19H2,1-4H3,(H,31,32). The first kappa shape index (κ1) is 26.5. The third-order valence-corrected chi connectivity index (χ3v) is 7.05. The highest BCUT2D eigenvalue weighted by atomic mass is 16.5. The number of carbonyl (C=O) groups is 2. The van der Waals surface area contributed by atoms with Gasteiger partial charge in [-0.2, -0.15) is 0 Å². The molecule has 190 valence electrons. The van der Waals surface area contributed by atoms with Crippen LogP contribution in [0.5, 0.6) is 17.2 Å². The van der Waals surface area contributed by atoms with E-state index in [9.17, 15) is 14.7 Å². The molecule has 0 fully saturated rings. The van der Waals surface area contributed by atoms with E-state index in [1.165, 1.54) is 19.8 Å². The van der Waals surface area contributed by atoms with Gasteiger partial charge in [0.15, 0.2) is 17.3 Å². The van der Waals surface area contributed by atoms with Crippen molar-refractivity contribution in [3.05, 3.63) is 53.1 Å². The number of hydrogen-bond donors (Lipinski definition) is 1. The fraction of sp³-hybridized carbons (Fsp3) is 0.500. The molecule has 7 nitrogen and oxygen atoms in total. The third kappa shape index (κ3) is 5.78. The van der Waals surface area contributed by atoms with Gasteiger partial charge in [0, 0.05) is 17.7 Å². The highest BCUT2D eigenvalue weighted by Gasteiger charge is 2.51. The predicted molar refractivity (Wildman–Crippen MR) is 135 cm³/mol. The molecule has 35 heavy (non-hydrogen) atoms. The van der Waals surface area contributed by atoms with Crippen molar-refractivity contribution in [1.82, 2.24) is 4.90 Å². The summed E-state index contributed by atoms with van der Waals surface area (Å²) in [6.07, 6.45) is 4.11. The lowest BCUT2D eigenvalue weighted by Crippen LogP contribution is -2.37. The molecule has 0 aromatic heterocycles. The number of para-hydroxylation sites is 1. The van der Waals surface area contributed by atoms with Crippen molar-refractivity contribution in [2.45, 2.75) is 52.0 Å². The second-order valence-corrected chi connectivity index (χ2v) is 9.10. The van der Waals surface area contributed by atoms with Gasteiger partial charge in [0.2, 0.25) is 0 Å². The minimum atomic E-state index is -1.40. The van der Waals surface area contributed by atoms with Gasteiger partial charge in [0.1, 0.15) is 11.2 Å². The van der Waals surface area contributed by atoms with Crippen LogP contribution in [0.15, 0.2) is 36.4 Å². The van der Waals surface area contributed by atoms with Gasteiger partial charge in [-0.1, -0.05) is 44.4 Å². The maximum atomic E-state index is 13.2. The van der Waals surface area contributed by atoms with Gasteiger partial charge in [-0.05, 0) is 56.1 Å². The van der Waals surface area contributed by atoms with Gasteiger partial charge < -0.3 is 19.3 Å². The summed E-state index contributed by atoms with van der Waals surface area (Å²) in [5, 5.41) is 10.0. The number of ketones is 1. The molecular weight excluding hydrogens is 446 g/mol. The maximum absolute atomic E-state index is 13.2. The largest absolute Gasteiger partial charge is 0.496 e. The van der Waals surface area contributed by atoms with Gasteiger partial charge in [0.05, 0.1) is 21.3 Å². The molecule has 1 aliphatic carbocycles. The van der Waals surface area contributed by atoms with Crippen molar-refractivity contribution in [2.75, 3.05) is 34.4 Å². The maximum Gasteiger partial charge on any atom is 0.317 e. The Morgan fingerprint density at radius 3 is 2.29 bits per heavy atom. The number of aliphatic carboxylic acids is 1. The third-order valence-electron chi connectivity index (χ3n) is 7.05. The molecule has 0 amide bonds. The lowest BCUT2D eigenvalue weighted by atomic mass is 9.79. The summed E-state index contributed by atoms with van der Waals surface area (Å²) >= 11 is 0. The predicted octanol–water partition coefficient (Wildman–Crippen LogP) is 4.99. The first-order valence-corrected chi connectivity index (χ1v) is 12.3. The highest BCUT2D eigenvalue weighted by Crippen LogP contribution is 2.45. The fourth-order valence-electron chi connectivity index (χ4n) is 4.96. The van der Waals surface area contributed by atoms with Crippen molar-refractivity contribution in [3.8, 4) is 17.2 Å². The molecular formula is C28H37NO6. The first-order valence-electron chi connectivity index (χ1n) is 12.3. The molecule has 1 unspecified atom stereocenters. The molecule has 0 bridgehead atoms. The lowest BCUT2D eigenvalue weighted by Gasteiger charge is -2.23. The van der Waals surface area contributed by atoms with Crippen LogP contribution < -0.4 is 14.2 Å². The van der Waals surface area contributed by atoms with Crippen LogP contribution in [-0.4, -0.2) is 56.2 Å². The molecule has 0 aliphatic heterocycles. The van der Waals surface area contributed by atoms with Crippen LogP contribution in [0.4, 0.5) is 0 Å². The Hall–Kier alpha value is -3.06. The van der Waals surface area contributed by atoms with Crippen molar-refractivity contribution in [1.29, 1.82) is 0 Å². The van der Waals surface area contributed by atoms with E-state index in [-0.39, 0.29) is 12.2 Å². The van der Waals surface area contributed by atoms with Gasteiger partial charge in [-0.3, -0.25) is 14.5 Å². The summed E-state index contributed by atoms with van der Waals surface area (Å²) in [4.78, 5) is 27.9. The monoisotopic (exact) mass is 483 g/mol. The fourth-order valence-corrected chi connectivity index (χ4v) is 4.96. The van der Waals surface area contributed by atoms with Crippen LogP contribution in [0.1, 0.15) is 60.5 Å². The van der Waals surface area contributed by atoms with Crippen LogP contribution >= 0.6 is 0 Å². The second kappa shape index (κ2) is 12.1. The van der Waals surface area contributed by atoms with E-state index in [1.807, 2.05) is 18.2 Å². The molecule has 0 saturated carbocycles. The number of carbonyl (C=O) groups excluding carboxylic acids is 1. The minimum Gasteiger partial charge on any atom is -0.496 e. The van der Waals surface area contributed by atoms with E-state index >= 15 is 0 Å². The molecule has 2 aromatic rings. The highest BCUT2D eigenvalue weighted by molar-refractivity contribution is 6.16. The number of Topliss-reactive ketones (excluding diaryl/α,β-unsaturated/α-hetero) is 1. The van der Waals surface area contributed by atoms with Crippen molar-refractivity contribution in [3.63, 3.8) is 0 Å². The average Bonchev–Trinajstić information content (AvgIpc) is 3.16. The number of ether oxygens (including phenoxy) is 3. The molecule has 0 radical (unpaired) electrons. The number of carboxylic acids is 1. The zero-order valence-corrected chi connectivity index (χ0v) is 21.3. The number of hydrogen-bond acceptors (Lipinski definition) is 6. The van der Waals surface area contributed by atoms with Crippen LogP contribution in [0, 0.1) is 5.41 Å². The number of carboxylic acid groups (broad SMARTS) is 1. The molecule has 7 heteroatoms. The number of fused-ring (bicyclic) bond motifs is 1. The van der Waals surface area contributed by atoms with E-state index in [2.05, 4.69) is 17.9 Å². The van der Waals surface area contributed by atoms with E-state index in [0.717, 1.165) is 44.6 Å². The SMILES string of the molecule is CCN(CCCCCCC1(C(=O)O)Cc2cc(OC)c(OC)cc2C1=O)Cc1ccccc1OC. The van der Waals surface area contributed by atoms with Crippen LogP contribution in [-0.2, 0) is 17.8 Å². The van der Waals surface area contributed by atoms with E-state index in [0.29, 0.717) is 35.5 Å². The van der Waals surface area contributed by atoms with Gasteiger partial charge >= 0.3 is 5.97 Å². The zero-order chi connectivity index (χ0) is 25.4. The summed E-state index contributed by atoms with van der Waals surface area (Å²) in [7, 11) is 4.73. The molecule has 0 saturated heterocycles. The Morgan fingerprint density at radius 2 is 1.63 bits per heavy atom. The Bertz CT molecular complexity index is 1040. The summed E-state index contributed by atoms with van der Waals surface area (Å²) in [6, 6.07) is 11.4. The summed E-state index contributed by atoms with van der Waals surface area (Å²) < 4.78 is 16.1. The molecule has 1 atom stereocenters. The van der Waals surface area contributed by atoms with E-state index in [1.54, 1.807) is 19.2 Å². The lowest BCUT2D eigenvalue weighted by molar-refractivity contribution is -0.146. The van der Waals surface area contributed by atoms with Gasteiger partial charge in [0.25, 0.3) is 0 Å². The molecule has 0 heterocycles. The molecule has 1 aliphatic rings. The van der Waals surface area contributed by atoms with Crippen molar-refractivity contribution >= 4 is 11.8 Å². The molecule has 1 N–H and O–H groups in total. The Balaban J connectivity index is 1.53. The van der Waals surface area contributed by atoms with Crippen molar-refractivity contribution in [2.24, 2.45) is 5.41 Å². The zero-order valence-electron chi connectivity index (χ0n) is 21.3. The minimum absolute atomic E-state index is 0.194. The first-order chi connectivity index (χ1) is 16.9. The van der Waals surface area contributed by atoms with Gasteiger partial charge in [-0.15, -0.1) is 0 Å². The van der Waals surface area contributed by atoms with Crippen molar-refractivity contribution < 1.29 is 28.9 Å². The Kier molecular flexibility index (Phi) is 9.15. The van der Waals surface area contributed by atoms with Crippen LogP contribution in [0.2, 0.25) is 0 Å². The van der Waals surface area contributed by atoms with Crippen LogP contribution in [0.25, 0.3) is 0 Å². The quantitative estimate of drug-likeness (QED) is 0.299. The summed E-state index contributed by atoms with van der Waals surface area (Å²) in [5.74, 6) is 0.478. The summed E-state index contributed by atoms with van der Waals surface area (Å²) in [6.45, 7) is 4.89. The van der Waals surface area contributed by atoms with Crippen LogP contribution in [0.3, 0.4) is 0 Å². The van der Waals surface area contributed by atoms with Gasteiger partial charge in [-0.25, -0.2) is 0 Å². The number of unbranched alkanes of at least 4 members (excludes halogenated alkanes) is 3. The Morgan fingerprint density at radius 1 is 0.971 bits per heavy atom. The molecule has 0 spiro atoms. The topological polar surface area (TPSA) is 85.3 Å². The average molecular weight is 484 g/mol. The summed E-state index contributed by atoms with van der Waals surface area (Å²) in [5.41, 5.74) is 0.914. The Labute approximate surface area is 208 Å². The second-order valence-electron chi connectivity index (χ2n) is 9.10. The van der Waals surface area contributed by atoms with E-state index in [4.69, 9.17) is 14.2 Å². The normalized spacial score (nSPS) is 16.9. The number of nitrogens with zero attached hydrogens (tertiary/aromatic N) is 1. The smallest absolute Gasteiger partial charge is 0.317 e. The number of rotatable bonds is 14. The number of benzene rings is 2. The number of methoxy groups -OCH3 is 3.